The van der Waals surface area contributed by atoms with Gasteiger partial charge in [-0.2, -0.15) is 11.8 Å². The highest BCUT2D eigenvalue weighted by molar-refractivity contribution is 7.99. The maximum absolute atomic E-state index is 2.75. The fraction of sp³-hybridized carbons (Fsp3) is 0.700. The van der Waals surface area contributed by atoms with Crippen molar-refractivity contribution in [2.45, 2.75) is 38.4 Å². The first-order chi connectivity index (χ1) is 11.6. The van der Waals surface area contributed by atoms with Gasteiger partial charge in [0.1, 0.15) is 0 Å². The number of hydrogen-bond acceptors (Lipinski definition) is 4. The highest BCUT2D eigenvalue weighted by Gasteiger charge is 2.25. The van der Waals surface area contributed by atoms with Crippen LogP contribution in [-0.2, 0) is 6.54 Å². The molecule has 0 spiro atoms. The summed E-state index contributed by atoms with van der Waals surface area (Å²) in [6, 6.07) is 10.5. The number of nitrogens with zero attached hydrogens (tertiary/aromatic N) is 3. The van der Waals surface area contributed by atoms with Crippen LogP contribution in [0, 0.1) is 0 Å². The fourth-order valence-electron chi connectivity index (χ4n) is 3.84. The van der Waals surface area contributed by atoms with Crippen LogP contribution in [0.1, 0.15) is 36.9 Å². The van der Waals surface area contributed by atoms with Crippen LogP contribution >= 0.6 is 11.8 Å². The van der Waals surface area contributed by atoms with Gasteiger partial charge in [0.2, 0.25) is 0 Å². The molecule has 0 aliphatic carbocycles. The van der Waals surface area contributed by atoms with E-state index in [2.05, 4.69) is 71.7 Å². The van der Waals surface area contributed by atoms with Crippen molar-refractivity contribution in [1.29, 1.82) is 0 Å². The second kappa shape index (κ2) is 8.70. The third-order valence-corrected chi connectivity index (χ3v) is 6.78. The summed E-state index contributed by atoms with van der Waals surface area (Å²) in [6.07, 6.45) is 2.80. The Kier molecular flexibility index (Phi) is 6.62. The zero-order chi connectivity index (χ0) is 16.9. The standard InChI is InChI=1S/C20H33N3S/c1-17(21(2)3)19-6-4-5-18(15-19)16-22-9-11-23(12-10-22)20-7-13-24-14-8-20/h4-6,15,17,20H,7-14,16H2,1-3H3/t17-/m1/s1. The number of benzene rings is 1. The largest absolute Gasteiger partial charge is 0.303 e. The van der Waals surface area contributed by atoms with E-state index in [4.69, 9.17) is 0 Å². The number of thioether (sulfide) groups is 1. The van der Waals surface area contributed by atoms with Crippen LogP contribution in [0.4, 0.5) is 0 Å². The van der Waals surface area contributed by atoms with Crippen LogP contribution in [0.5, 0.6) is 0 Å². The summed E-state index contributed by atoms with van der Waals surface area (Å²) < 4.78 is 0. The van der Waals surface area contributed by atoms with Crippen molar-refractivity contribution >= 4 is 11.8 Å². The molecule has 1 aromatic carbocycles. The summed E-state index contributed by atoms with van der Waals surface area (Å²) in [7, 11) is 4.31. The lowest BCUT2D eigenvalue weighted by atomic mass is 10.0. The molecule has 0 saturated carbocycles. The van der Waals surface area contributed by atoms with E-state index in [1.54, 1.807) is 0 Å². The average molecular weight is 348 g/mol. The van der Waals surface area contributed by atoms with E-state index in [1.165, 1.54) is 61.7 Å². The lowest BCUT2D eigenvalue weighted by Gasteiger charge is -2.40. The predicted molar refractivity (Wildman–Crippen MR) is 106 cm³/mol. The zero-order valence-corrected chi connectivity index (χ0v) is 16.4. The van der Waals surface area contributed by atoms with Crippen LogP contribution in [0.25, 0.3) is 0 Å². The highest BCUT2D eigenvalue weighted by Crippen LogP contribution is 2.23. The minimum atomic E-state index is 0.478. The van der Waals surface area contributed by atoms with E-state index < -0.39 is 0 Å². The summed E-state index contributed by atoms with van der Waals surface area (Å²) in [4.78, 5) is 7.66. The molecule has 0 amide bonds. The first-order valence-corrected chi connectivity index (χ1v) is 10.6. The monoisotopic (exact) mass is 347 g/mol. The van der Waals surface area contributed by atoms with Crippen LogP contribution in [0.2, 0.25) is 0 Å². The maximum Gasteiger partial charge on any atom is 0.0313 e. The first kappa shape index (κ1) is 18.2. The minimum absolute atomic E-state index is 0.478. The average Bonchev–Trinajstić information content (AvgIpc) is 2.62. The fourth-order valence-corrected chi connectivity index (χ4v) is 4.93. The van der Waals surface area contributed by atoms with Gasteiger partial charge in [0.25, 0.3) is 0 Å². The van der Waals surface area contributed by atoms with Gasteiger partial charge in [0, 0.05) is 44.8 Å². The molecule has 0 aromatic heterocycles. The van der Waals surface area contributed by atoms with E-state index in [0.29, 0.717) is 6.04 Å². The zero-order valence-electron chi connectivity index (χ0n) is 15.6. The van der Waals surface area contributed by atoms with Gasteiger partial charge < -0.3 is 4.90 Å². The van der Waals surface area contributed by atoms with E-state index in [9.17, 15) is 0 Å². The van der Waals surface area contributed by atoms with E-state index in [1.807, 2.05) is 0 Å². The smallest absolute Gasteiger partial charge is 0.0313 e. The molecule has 2 fully saturated rings. The summed E-state index contributed by atoms with van der Waals surface area (Å²) in [6.45, 7) is 8.32. The highest BCUT2D eigenvalue weighted by atomic mass is 32.2. The quantitative estimate of drug-likeness (QED) is 0.808. The van der Waals surface area contributed by atoms with Crippen molar-refractivity contribution < 1.29 is 0 Å². The van der Waals surface area contributed by atoms with Crippen molar-refractivity contribution in [1.82, 2.24) is 14.7 Å². The summed E-state index contributed by atoms with van der Waals surface area (Å²) in [5.41, 5.74) is 2.89. The van der Waals surface area contributed by atoms with Crippen LogP contribution in [-0.4, -0.2) is 72.5 Å². The molecule has 2 heterocycles. The van der Waals surface area contributed by atoms with E-state index >= 15 is 0 Å². The van der Waals surface area contributed by atoms with Gasteiger partial charge in [-0.3, -0.25) is 9.80 Å². The van der Waals surface area contributed by atoms with Crippen molar-refractivity contribution in [3.8, 4) is 0 Å². The third-order valence-electron chi connectivity index (χ3n) is 5.73. The molecule has 0 unspecified atom stereocenters. The molecule has 1 aromatic rings. The van der Waals surface area contributed by atoms with E-state index in [-0.39, 0.29) is 0 Å². The Hall–Kier alpha value is -0.550. The van der Waals surface area contributed by atoms with Crippen LogP contribution < -0.4 is 0 Å². The Bertz CT molecular complexity index is 505. The van der Waals surface area contributed by atoms with Gasteiger partial charge in [-0.1, -0.05) is 24.3 Å². The molecule has 0 N–H and O–H groups in total. The van der Waals surface area contributed by atoms with Crippen LogP contribution in [0.15, 0.2) is 24.3 Å². The molecule has 1 atom stereocenters. The molecule has 0 bridgehead atoms. The Morgan fingerprint density at radius 2 is 1.83 bits per heavy atom. The van der Waals surface area contributed by atoms with Crippen LogP contribution in [0.3, 0.4) is 0 Å². The molecule has 24 heavy (non-hydrogen) atoms. The second-order valence-corrected chi connectivity index (χ2v) is 8.77. The Labute approximate surface area is 152 Å². The summed E-state index contributed by atoms with van der Waals surface area (Å²) in [5.74, 6) is 2.73. The van der Waals surface area contributed by atoms with Gasteiger partial charge >= 0.3 is 0 Å². The first-order valence-electron chi connectivity index (χ1n) is 9.43. The lowest BCUT2D eigenvalue weighted by Crippen LogP contribution is -2.50. The van der Waals surface area contributed by atoms with Crippen molar-refractivity contribution in [2.24, 2.45) is 0 Å². The third kappa shape index (κ3) is 4.75. The van der Waals surface area contributed by atoms with Gasteiger partial charge in [0.15, 0.2) is 0 Å². The molecule has 3 rings (SSSR count). The number of rotatable bonds is 5. The molecular formula is C20H33N3S. The predicted octanol–water partition coefficient (Wildman–Crippen LogP) is 3.32. The number of hydrogen-bond donors (Lipinski definition) is 0. The normalized spacial score (nSPS) is 22.8. The van der Waals surface area contributed by atoms with Crippen molar-refractivity contribution in [3.63, 3.8) is 0 Å². The van der Waals surface area contributed by atoms with E-state index in [0.717, 1.165) is 12.6 Å². The number of piperazine rings is 1. The second-order valence-electron chi connectivity index (χ2n) is 7.54. The molecule has 2 aliphatic rings. The lowest BCUT2D eigenvalue weighted by molar-refractivity contribution is 0.0879. The molecule has 3 nitrogen and oxygen atoms in total. The van der Waals surface area contributed by atoms with Crippen molar-refractivity contribution in [3.05, 3.63) is 35.4 Å². The Morgan fingerprint density at radius 1 is 1.12 bits per heavy atom. The summed E-state index contributed by atoms with van der Waals surface area (Å²) >= 11 is 2.13. The maximum atomic E-state index is 2.75. The molecule has 0 radical (unpaired) electrons. The molecule has 2 saturated heterocycles. The Balaban J connectivity index is 1.51. The van der Waals surface area contributed by atoms with Gasteiger partial charge in [-0.25, -0.2) is 0 Å². The SMILES string of the molecule is C[C@H](c1cccc(CN2CCN(C3CCSCC3)CC2)c1)N(C)C. The van der Waals surface area contributed by atoms with Crippen molar-refractivity contribution in [2.75, 3.05) is 51.8 Å². The Morgan fingerprint density at radius 3 is 2.50 bits per heavy atom. The minimum Gasteiger partial charge on any atom is -0.303 e. The summed E-state index contributed by atoms with van der Waals surface area (Å²) in [5, 5.41) is 0. The molecule has 134 valence electrons. The topological polar surface area (TPSA) is 9.72 Å². The van der Waals surface area contributed by atoms with Gasteiger partial charge in [0.05, 0.1) is 0 Å². The molecule has 2 aliphatic heterocycles. The molecular weight excluding hydrogens is 314 g/mol. The van der Waals surface area contributed by atoms with Gasteiger partial charge in [-0.15, -0.1) is 0 Å². The van der Waals surface area contributed by atoms with Gasteiger partial charge in [-0.05, 0) is 56.5 Å². The molecule has 4 heteroatoms.